The first-order valence-electron chi connectivity index (χ1n) is 4.27. The Morgan fingerprint density at radius 3 is 3.13 bits per heavy atom. The molecule has 0 aromatic carbocycles. The third kappa shape index (κ3) is 3.21. The predicted molar refractivity (Wildman–Crippen MR) is 56.5 cm³/mol. The maximum atomic E-state index is 11.4. The van der Waals surface area contributed by atoms with E-state index in [2.05, 4.69) is 15.5 Å². The van der Waals surface area contributed by atoms with Crippen LogP contribution in [0.1, 0.15) is 12.6 Å². The van der Waals surface area contributed by atoms with Gasteiger partial charge in [0.15, 0.2) is 5.84 Å². The Labute approximate surface area is 90.8 Å². The number of hydrogen-bond donors (Lipinski definition) is 3. The lowest BCUT2D eigenvalue weighted by Crippen LogP contribution is -2.36. The average molecular weight is 228 g/mol. The van der Waals surface area contributed by atoms with Crippen LogP contribution in [0.4, 0.5) is 0 Å². The van der Waals surface area contributed by atoms with Gasteiger partial charge >= 0.3 is 0 Å². The zero-order chi connectivity index (χ0) is 11.3. The monoisotopic (exact) mass is 228 g/mol. The van der Waals surface area contributed by atoms with Gasteiger partial charge in [-0.05, 0) is 6.92 Å². The second-order valence-corrected chi connectivity index (χ2v) is 3.66. The van der Waals surface area contributed by atoms with E-state index in [9.17, 15) is 4.79 Å². The molecule has 1 aromatic rings. The van der Waals surface area contributed by atoms with E-state index in [1.807, 2.05) is 5.38 Å². The third-order valence-corrected chi connectivity index (χ3v) is 2.51. The summed E-state index contributed by atoms with van der Waals surface area (Å²) >= 11 is 1.46. The summed E-state index contributed by atoms with van der Waals surface area (Å²) in [6.07, 6.45) is 0. The van der Waals surface area contributed by atoms with E-state index in [4.69, 9.17) is 10.9 Å². The van der Waals surface area contributed by atoms with Crippen LogP contribution in [0.25, 0.3) is 0 Å². The Kier molecular flexibility index (Phi) is 4.04. The fourth-order valence-electron chi connectivity index (χ4n) is 0.877. The SMILES string of the molecule is CC(C(=O)NCc1cscn1)C(N)=NO. The van der Waals surface area contributed by atoms with E-state index >= 15 is 0 Å². The van der Waals surface area contributed by atoms with Crippen LogP contribution >= 0.6 is 11.3 Å². The van der Waals surface area contributed by atoms with E-state index < -0.39 is 5.92 Å². The highest BCUT2D eigenvalue weighted by atomic mass is 32.1. The molecule has 15 heavy (non-hydrogen) atoms. The number of carbonyl (C=O) groups excluding carboxylic acids is 1. The van der Waals surface area contributed by atoms with Crippen molar-refractivity contribution >= 4 is 23.1 Å². The molecule has 7 heteroatoms. The minimum Gasteiger partial charge on any atom is -0.409 e. The number of thiazole rings is 1. The molecule has 0 aliphatic carbocycles. The van der Waals surface area contributed by atoms with Crippen molar-refractivity contribution < 1.29 is 10.0 Å². The maximum absolute atomic E-state index is 11.4. The van der Waals surface area contributed by atoms with E-state index in [1.54, 1.807) is 12.4 Å². The van der Waals surface area contributed by atoms with Gasteiger partial charge in [0.2, 0.25) is 5.91 Å². The highest BCUT2D eigenvalue weighted by Gasteiger charge is 2.16. The number of carbonyl (C=O) groups is 1. The number of aromatic nitrogens is 1. The quantitative estimate of drug-likeness (QED) is 0.295. The Balaban J connectivity index is 2.43. The first-order chi connectivity index (χ1) is 7.15. The smallest absolute Gasteiger partial charge is 0.230 e. The number of amidine groups is 1. The number of amides is 1. The molecule has 1 rings (SSSR count). The van der Waals surface area contributed by atoms with Gasteiger partial charge in [0, 0.05) is 5.38 Å². The first-order valence-corrected chi connectivity index (χ1v) is 5.21. The van der Waals surface area contributed by atoms with Gasteiger partial charge in [-0.2, -0.15) is 0 Å². The standard InChI is InChI=1S/C8H12N4O2S/c1-5(7(9)12-14)8(13)10-2-6-3-15-4-11-6/h3-5,14H,2H2,1H3,(H2,9,12)(H,10,13). The van der Waals surface area contributed by atoms with E-state index in [-0.39, 0.29) is 11.7 Å². The van der Waals surface area contributed by atoms with Gasteiger partial charge < -0.3 is 16.3 Å². The number of oxime groups is 1. The maximum Gasteiger partial charge on any atom is 0.230 e. The van der Waals surface area contributed by atoms with Gasteiger partial charge in [-0.3, -0.25) is 4.79 Å². The summed E-state index contributed by atoms with van der Waals surface area (Å²) < 4.78 is 0. The number of nitrogens with one attached hydrogen (secondary N) is 1. The van der Waals surface area contributed by atoms with Crippen molar-refractivity contribution in [2.45, 2.75) is 13.5 Å². The minimum atomic E-state index is -0.645. The molecule has 6 nitrogen and oxygen atoms in total. The second-order valence-electron chi connectivity index (χ2n) is 2.94. The molecule has 0 saturated heterocycles. The van der Waals surface area contributed by atoms with Gasteiger partial charge in [0.25, 0.3) is 0 Å². The van der Waals surface area contributed by atoms with E-state index in [0.29, 0.717) is 6.54 Å². The molecule has 1 unspecified atom stereocenters. The third-order valence-electron chi connectivity index (χ3n) is 1.88. The summed E-state index contributed by atoms with van der Waals surface area (Å²) in [5.74, 6) is -1.04. The summed E-state index contributed by atoms with van der Waals surface area (Å²) in [5, 5.41) is 15.6. The van der Waals surface area contributed by atoms with Crippen molar-refractivity contribution in [2.75, 3.05) is 0 Å². The molecular weight excluding hydrogens is 216 g/mol. The van der Waals surface area contributed by atoms with Gasteiger partial charge in [0.05, 0.1) is 23.7 Å². The summed E-state index contributed by atoms with van der Waals surface area (Å²) in [4.78, 5) is 15.4. The van der Waals surface area contributed by atoms with E-state index in [1.165, 1.54) is 11.3 Å². The zero-order valence-corrected chi connectivity index (χ0v) is 8.99. The summed E-state index contributed by atoms with van der Waals surface area (Å²) in [5.41, 5.74) is 7.77. The van der Waals surface area contributed by atoms with E-state index in [0.717, 1.165) is 5.69 Å². The molecule has 82 valence electrons. The van der Waals surface area contributed by atoms with Crippen LogP contribution in [-0.4, -0.2) is 21.9 Å². The Bertz CT molecular complexity index is 350. The molecule has 0 fully saturated rings. The normalized spacial score (nSPS) is 13.5. The highest BCUT2D eigenvalue weighted by Crippen LogP contribution is 2.01. The van der Waals surface area contributed by atoms with Crippen molar-refractivity contribution in [1.82, 2.24) is 10.3 Å². The van der Waals surface area contributed by atoms with Crippen LogP contribution in [0.3, 0.4) is 0 Å². The molecule has 4 N–H and O–H groups in total. The van der Waals surface area contributed by atoms with Crippen LogP contribution in [-0.2, 0) is 11.3 Å². The summed E-state index contributed by atoms with van der Waals surface area (Å²) in [6.45, 7) is 1.91. The first kappa shape index (κ1) is 11.4. The average Bonchev–Trinajstić information content (AvgIpc) is 2.76. The molecule has 0 bridgehead atoms. The summed E-state index contributed by atoms with van der Waals surface area (Å²) in [7, 11) is 0. The fourth-order valence-corrected chi connectivity index (χ4v) is 1.43. The van der Waals surface area contributed by atoms with Crippen LogP contribution < -0.4 is 11.1 Å². The lowest BCUT2D eigenvalue weighted by Gasteiger charge is -2.09. The Hall–Kier alpha value is -1.63. The summed E-state index contributed by atoms with van der Waals surface area (Å²) in [6, 6.07) is 0. The van der Waals surface area contributed by atoms with Gasteiger partial charge in [-0.1, -0.05) is 5.16 Å². The fraction of sp³-hybridized carbons (Fsp3) is 0.375. The van der Waals surface area contributed by atoms with Crippen molar-refractivity contribution in [3.8, 4) is 0 Å². The largest absolute Gasteiger partial charge is 0.409 e. The van der Waals surface area contributed by atoms with Crippen molar-refractivity contribution in [3.05, 3.63) is 16.6 Å². The lowest BCUT2D eigenvalue weighted by atomic mass is 10.1. The molecule has 1 aromatic heterocycles. The molecule has 1 heterocycles. The highest BCUT2D eigenvalue weighted by molar-refractivity contribution is 7.07. The molecule has 1 atom stereocenters. The molecular formula is C8H12N4O2S. The van der Waals surface area contributed by atoms with Crippen LogP contribution in [0.5, 0.6) is 0 Å². The molecule has 0 aliphatic rings. The van der Waals surface area contributed by atoms with Crippen LogP contribution in [0.15, 0.2) is 16.0 Å². The number of rotatable bonds is 4. The van der Waals surface area contributed by atoms with Gasteiger partial charge in [0.1, 0.15) is 0 Å². The van der Waals surface area contributed by atoms with Gasteiger partial charge in [-0.15, -0.1) is 11.3 Å². The van der Waals surface area contributed by atoms with Crippen molar-refractivity contribution in [1.29, 1.82) is 0 Å². The minimum absolute atomic E-state index is 0.106. The van der Waals surface area contributed by atoms with Crippen molar-refractivity contribution in [3.63, 3.8) is 0 Å². The van der Waals surface area contributed by atoms with Crippen LogP contribution in [0, 0.1) is 5.92 Å². The Morgan fingerprint density at radius 1 is 1.87 bits per heavy atom. The molecule has 0 saturated carbocycles. The lowest BCUT2D eigenvalue weighted by molar-refractivity contribution is -0.122. The van der Waals surface area contributed by atoms with Crippen LogP contribution in [0.2, 0.25) is 0 Å². The number of nitrogens with two attached hydrogens (primary N) is 1. The molecule has 1 amide bonds. The number of hydrogen-bond acceptors (Lipinski definition) is 5. The predicted octanol–water partition coefficient (Wildman–Crippen LogP) is 0.142. The Morgan fingerprint density at radius 2 is 2.60 bits per heavy atom. The molecule has 0 aliphatic heterocycles. The number of nitrogens with zero attached hydrogens (tertiary/aromatic N) is 2. The van der Waals surface area contributed by atoms with Crippen molar-refractivity contribution in [2.24, 2.45) is 16.8 Å². The van der Waals surface area contributed by atoms with Gasteiger partial charge in [-0.25, -0.2) is 4.98 Å². The molecule has 0 spiro atoms. The molecule has 0 radical (unpaired) electrons. The topological polar surface area (TPSA) is 101 Å². The second kappa shape index (κ2) is 5.30. The zero-order valence-electron chi connectivity index (χ0n) is 8.17.